The summed E-state index contributed by atoms with van der Waals surface area (Å²) in [6, 6.07) is 9.44. The molecule has 19 heavy (non-hydrogen) atoms. The van der Waals surface area contributed by atoms with Crippen LogP contribution in [0, 0.1) is 0 Å². The van der Waals surface area contributed by atoms with Crippen molar-refractivity contribution in [3.8, 4) is 0 Å². The van der Waals surface area contributed by atoms with Crippen LogP contribution in [0.5, 0.6) is 0 Å². The van der Waals surface area contributed by atoms with E-state index in [4.69, 9.17) is 0 Å². The molecular weight excluding hydrogens is 256 g/mol. The highest BCUT2D eigenvalue weighted by Gasteiger charge is 2.11. The highest BCUT2D eigenvalue weighted by molar-refractivity contribution is 7.90. The largest absolute Gasteiger partial charge is 0.228 e. The fourth-order valence-electron chi connectivity index (χ4n) is 2.18. The van der Waals surface area contributed by atoms with Gasteiger partial charge in [-0.1, -0.05) is 75.8 Å². The van der Waals surface area contributed by atoms with Gasteiger partial charge in [0.2, 0.25) is 0 Å². The normalized spacial score (nSPS) is 11.6. The summed E-state index contributed by atoms with van der Waals surface area (Å²) in [4.78, 5) is 0. The lowest BCUT2D eigenvalue weighted by Crippen LogP contribution is -2.09. The molecule has 0 saturated heterocycles. The van der Waals surface area contributed by atoms with Crippen LogP contribution in [-0.2, 0) is 15.6 Å². The number of hydrogen-bond donors (Lipinski definition) is 0. The summed E-state index contributed by atoms with van der Waals surface area (Å²) in [5.74, 6) is 0.513. The quantitative estimate of drug-likeness (QED) is 0.598. The van der Waals surface area contributed by atoms with Crippen molar-refractivity contribution in [3.63, 3.8) is 0 Å². The first-order valence-electron chi connectivity index (χ1n) is 7.38. The Morgan fingerprint density at radius 3 is 2.05 bits per heavy atom. The lowest BCUT2D eigenvalue weighted by atomic mass is 10.1. The van der Waals surface area contributed by atoms with Crippen molar-refractivity contribution in [2.75, 3.05) is 5.75 Å². The molecule has 3 heteroatoms. The van der Waals surface area contributed by atoms with Gasteiger partial charge in [-0.15, -0.1) is 0 Å². The second-order valence-electron chi connectivity index (χ2n) is 5.20. The van der Waals surface area contributed by atoms with E-state index in [1.54, 1.807) is 0 Å². The third-order valence-corrected chi connectivity index (χ3v) is 4.97. The summed E-state index contributed by atoms with van der Waals surface area (Å²) in [5, 5.41) is 0. The molecule has 0 aliphatic heterocycles. The van der Waals surface area contributed by atoms with Crippen molar-refractivity contribution in [2.24, 2.45) is 0 Å². The number of hydrogen-bond acceptors (Lipinski definition) is 2. The van der Waals surface area contributed by atoms with Gasteiger partial charge in [-0.2, -0.15) is 0 Å². The minimum Gasteiger partial charge on any atom is -0.228 e. The first-order valence-corrected chi connectivity index (χ1v) is 9.20. The Labute approximate surface area is 118 Å². The smallest absolute Gasteiger partial charge is 0.154 e. The lowest BCUT2D eigenvalue weighted by Gasteiger charge is -2.05. The first-order chi connectivity index (χ1) is 9.14. The van der Waals surface area contributed by atoms with E-state index < -0.39 is 9.84 Å². The molecule has 0 aromatic heterocycles. The first kappa shape index (κ1) is 16.2. The molecule has 1 aromatic rings. The summed E-state index contributed by atoms with van der Waals surface area (Å²) in [6.07, 6.45) is 8.09. The van der Waals surface area contributed by atoms with Crippen molar-refractivity contribution in [2.45, 2.75) is 57.6 Å². The van der Waals surface area contributed by atoms with Gasteiger partial charge in [-0.3, -0.25) is 0 Å². The Balaban J connectivity index is 2.17. The summed E-state index contributed by atoms with van der Waals surface area (Å²) >= 11 is 0. The zero-order chi connectivity index (χ0) is 14.0. The number of sulfone groups is 1. The van der Waals surface area contributed by atoms with Crippen LogP contribution in [0.1, 0.15) is 57.4 Å². The maximum Gasteiger partial charge on any atom is 0.154 e. The van der Waals surface area contributed by atoms with Gasteiger partial charge < -0.3 is 0 Å². The lowest BCUT2D eigenvalue weighted by molar-refractivity contribution is 0.578. The van der Waals surface area contributed by atoms with Gasteiger partial charge in [-0.05, 0) is 12.0 Å². The zero-order valence-electron chi connectivity index (χ0n) is 12.0. The average Bonchev–Trinajstić information content (AvgIpc) is 2.38. The topological polar surface area (TPSA) is 34.1 Å². The molecule has 0 aliphatic rings. The van der Waals surface area contributed by atoms with Crippen LogP contribution < -0.4 is 0 Å². The molecule has 1 aromatic carbocycles. The van der Waals surface area contributed by atoms with E-state index in [-0.39, 0.29) is 5.75 Å². The van der Waals surface area contributed by atoms with E-state index in [2.05, 4.69) is 6.92 Å². The molecule has 0 N–H and O–H groups in total. The molecule has 0 amide bonds. The molecule has 0 bridgehead atoms. The van der Waals surface area contributed by atoms with E-state index in [0.29, 0.717) is 5.75 Å². The van der Waals surface area contributed by atoms with Crippen molar-refractivity contribution >= 4 is 9.84 Å². The van der Waals surface area contributed by atoms with Gasteiger partial charge in [-0.25, -0.2) is 8.42 Å². The molecule has 1 rings (SSSR count). The second-order valence-corrected chi connectivity index (χ2v) is 7.38. The van der Waals surface area contributed by atoms with Crippen LogP contribution in [0.15, 0.2) is 30.3 Å². The van der Waals surface area contributed by atoms with Crippen LogP contribution in [0.4, 0.5) is 0 Å². The minimum absolute atomic E-state index is 0.184. The number of unbranched alkanes of at least 4 members (excludes halogenated alkanes) is 6. The molecule has 0 fully saturated rings. The number of benzene rings is 1. The van der Waals surface area contributed by atoms with Crippen molar-refractivity contribution in [1.82, 2.24) is 0 Å². The van der Waals surface area contributed by atoms with Gasteiger partial charge in [0.15, 0.2) is 9.84 Å². The predicted molar refractivity (Wildman–Crippen MR) is 81.9 cm³/mol. The van der Waals surface area contributed by atoms with Crippen LogP contribution in [0.25, 0.3) is 0 Å². The average molecular weight is 282 g/mol. The molecule has 0 spiro atoms. The van der Waals surface area contributed by atoms with Crippen molar-refractivity contribution in [1.29, 1.82) is 0 Å². The van der Waals surface area contributed by atoms with Crippen LogP contribution in [0.3, 0.4) is 0 Å². The molecule has 0 aliphatic carbocycles. The fourth-order valence-corrected chi connectivity index (χ4v) is 3.67. The molecule has 0 radical (unpaired) electrons. The minimum atomic E-state index is -2.93. The third-order valence-electron chi connectivity index (χ3n) is 3.29. The predicted octanol–water partition coefficient (Wildman–Crippen LogP) is 4.35. The SMILES string of the molecule is CCCCCCCCCS(=O)(=O)Cc1ccccc1. The monoisotopic (exact) mass is 282 g/mol. The summed E-state index contributed by atoms with van der Waals surface area (Å²) in [7, 11) is -2.93. The molecular formula is C16H26O2S. The van der Waals surface area contributed by atoms with Gasteiger partial charge >= 0.3 is 0 Å². The van der Waals surface area contributed by atoms with E-state index in [9.17, 15) is 8.42 Å². The molecule has 0 atom stereocenters. The highest BCUT2D eigenvalue weighted by Crippen LogP contribution is 2.11. The highest BCUT2D eigenvalue weighted by atomic mass is 32.2. The molecule has 0 saturated carbocycles. The molecule has 0 heterocycles. The Bertz CT molecular complexity index is 423. The Hall–Kier alpha value is -0.830. The standard InChI is InChI=1S/C16H26O2S/c1-2-3-4-5-6-7-11-14-19(17,18)15-16-12-9-8-10-13-16/h8-10,12-13H,2-7,11,14-15H2,1H3. The van der Waals surface area contributed by atoms with E-state index in [1.165, 1.54) is 32.1 Å². The van der Waals surface area contributed by atoms with Gasteiger partial charge in [0.05, 0.1) is 11.5 Å². The summed E-state index contributed by atoms with van der Waals surface area (Å²) in [6.45, 7) is 2.20. The summed E-state index contributed by atoms with van der Waals surface area (Å²) in [5.41, 5.74) is 0.894. The Morgan fingerprint density at radius 2 is 1.42 bits per heavy atom. The molecule has 0 unspecified atom stereocenters. The van der Waals surface area contributed by atoms with Crippen LogP contribution in [-0.4, -0.2) is 14.2 Å². The Kier molecular flexibility index (Phi) is 7.80. The van der Waals surface area contributed by atoms with E-state index in [1.807, 2.05) is 30.3 Å². The Morgan fingerprint density at radius 1 is 0.842 bits per heavy atom. The maximum absolute atomic E-state index is 11.9. The van der Waals surface area contributed by atoms with Crippen LogP contribution in [0.2, 0.25) is 0 Å². The van der Waals surface area contributed by atoms with Gasteiger partial charge in [0.1, 0.15) is 0 Å². The third kappa shape index (κ3) is 8.04. The fraction of sp³-hybridized carbons (Fsp3) is 0.625. The van der Waals surface area contributed by atoms with Crippen LogP contribution >= 0.6 is 0 Å². The number of rotatable bonds is 10. The van der Waals surface area contributed by atoms with Crippen molar-refractivity contribution in [3.05, 3.63) is 35.9 Å². The van der Waals surface area contributed by atoms with Crippen molar-refractivity contribution < 1.29 is 8.42 Å². The van der Waals surface area contributed by atoms with E-state index >= 15 is 0 Å². The zero-order valence-corrected chi connectivity index (χ0v) is 12.8. The second kappa shape index (κ2) is 9.13. The molecule has 108 valence electrons. The van der Waals surface area contributed by atoms with E-state index in [0.717, 1.165) is 18.4 Å². The maximum atomic E-state index is 11.9. The summed E-state index contributed by atoms with van der Waals surface area (Å²) < 4.78 is 23.9. The van der Waals surface area contributed by atoms with Gasteiger partial charge in [0.25, 0.3) is 0 Å². The van der Waals surface area contributed by atoms with Gasteiger partial charge in [0, 0.05) is 0 Å². The molecule has 2 nitrogen and oxygen atoms in total.